The second kappa shape index (κ2) is 19.5. The number of ketones is 1. The standard InChI is InChI=1S/C41H52N2O10/c1-6-41(38(46)47,43-39(48)53-40(3,4)5)23-22-32(45)35-34(42-28(2)44)37(51-26-31-20-14-9-15-21-31)36(50-25-30-18-12-8-13-19-30)33(52-35)27-49-24-29-16-10-7-11-17-29/h7-21,33-37H,6,22-27H2,1-5H3,(H,42,44)(H,43,48)(H,46,47)/t33-,34+,35+,36-,37-,41-/m1/s1. The number of alkyl carbamates (subject to hydrolysis) is 1. The lowest BCUT2D eigenvalue weighted by Gasteiger charge is -2.46. The Morgan fingerprint density at radius 3 is 1.75 bits per heavy atom. The van der Waals surface area contributed by atoms with E-state index in [1.165, 1.54) is 6.92 Å². The maximum absolute atomic E-state index is 14.3. The number of nitrogens with one attached hydrogen (secondary N) is 2. The van der Waals surface area contributed by atoms with E-state index in [1.54, 1.807) is 27.7 Å². The first-order valence-electron chi connectivity index (χ1n) is 17.9. The molecular formula is C41H52N2O10. The van der Waals surface area contributed by atoms with Crippen molar-refractivity contribution in [2.24, 2.45) is 0 Å². The summed E-state index contributed by atoms with van der Waals surface area (Å²) in [4.78, 5) is 52.4. The van der Waals surface area contributed by atoms with Crippen LogP contribution in [0.5, 0.6) is 0 Å². The Morgan fingerprint density at radius 1 is 0.774 bits per heavy atom. The number of carbonyl (C=O) groups excluding carboxylic acids is 3. The van der Waals surface area contributed by atoms with Gasteiger partial charge in [-0.2, -0.15) is 0 Å². The second-order valence-electron chi connectivity index (χ2n) is 14.2. The molecule has 0 saturated carbocycles. The fraction of sp³-hybridized carbons (Fsp3) is 0.463. The highest BCUT2D eigenvalue weighted by atomic mass is 16.6. The first-order valence-corrected chi connectivity index (χ1v) is 17.9. The van der Waals surface area contributed by atoms with Crippen molar-refractivity contribution in [3.8, 4) is 0 Å². The van der Waals surface area contributed by atoms with E-state index in [-0.39, 0.29) is 45.7 Å². The number of Topliss-reactive ketones (excluding diaryl/α,β-unsaturated/α-hetero) is 1. The number of hydrogen-bond donors (Lipinski definition) is 3. The van der Waals surface area contributed by atoms with Crippen LogP contribution >= 0.6 is 0 Å². The lowest BCUT2D eigenvalue weighted by atomic mass is 9.85. The van der Waals surface area contributed by atoms with E-state index in [4.69, 9.17) is 23.7 Å². The SMILES string of the molecule is CC[C@](CCC(=O)[C@@H]1O[C@H](COCc2ccccc2)[C@@H](OCc2ccccc2)[C@H](OCc2ccccc2)[C@H]1NC(C)=O)(NC(=O)OC(C)(C)C)C(=O)O. The van der Waals surface area contributed by atoms with Crippen molar-refractivity contribution in [3.05, 3.63) is 108 Å². The fourth-order valence-electron chi connectivity index (χ4n) is 6.16. The largest absolute Gasteiger partial charge is 0.480 e. The van der Waals surface area contributed by atoms with Crippen molar-refractivity contribution < 1.29 is 48.0 Å². The van der Waals surface area contributed by atoms with Gasteiger partial charge in [0.15, 0.2) is 5.78 Å². The number of hydrogen-bond acceptors (Lipinski definition) is 9. The van der Waals surface area contributed by atoms with Crippen LogP contribution in [0.15, 0.2) is 91.0 Å². The van der Waals surface area contributed by atoms with Gasteiger partial charge in [-0.05, 0) is 50.3 Å². The van der Waals surface area contributed by atoms with Crippen LogP contribution in [0.1, 0.15) is 70.6 Å². The Hall–Kier alpha value is -4.62. The van der Waals surface area contributed by atoms with Crippen LogP contribution in [-0.2, 0) is 57.9 Å². The predicted molar refractivity (Wildman–Crippen MR) is 197 cm³/mol. The van der Waals surface area contributed by atoms with Gasteiger partial charge in [-0.15, -0.1) is 0 Å². The van der Waals surface area contributed by atoms with Crippen molar-refractivity contribution in [2.45, 2.75) is 115 Å². The van der Waals surface area contributed by atoms with Crippen LogP contribution in [0.25, 0.3) is 0 Å². The van der Waals surface area contributed by atoms with Crippen LogP contribution in [0, 0.1) is 0 Å². The Morgan fingerprint density at radius 2 is 1.28 bits per heavy atom. The van der Waals surface area contributed by atoms with E-state index < -0.39 is 65.4 Å². The van der Waals surface area contributed by atoms with Gasteiger partial charge in [0.05, 0.1) is 32.5 Å². The smallest absolute Gasteiger partial charge is 0.408 e. The highest BCUT2D eigenvalue weighted by molar-refractivity contribution is 5.88. The van der Waals surface area contributed by atoms with Gasteiger partial charge < -0.3 is 39.4 Å². The van der Waals surface area contributed by atoms with Gasteiger partial charge >= 0.3 is 12.1 Å². The number of rotatable bonds is 18. The molecule has 0 radical (unpaired) electrons. The van der Waals surface area contributed by atoms with Crippen LogP contribution in [0.4, 0.5) is 4.79 Å². The third kappa shape index (κ3) is 12.5. The number of ether oxygens (including phenoxy) is 5. The third-order valence-electron chi connectivity index (χ3n) is 8.89. The van der Waals surface area contributed by atoms with Gasteiger partial charge in [-0.1, -0.05) is 97.9 Å². The molecule has 286 valence electrons. The summed E-state index contributed by atoms with van der Waals surface area (Å²) in [6, 6.07) is 27.6. The second-order valence-corrected chi connectivity index (χ2v) is 14.2. The average Bonchev–Trinajstić information content (AvgIpc) is 3.12. The summed E-state index contributed by atoms with van der Waals surface area (Å²) in [5.41, 5.74) is 0.0240. The normalized spacial score (nSPS) is 21.2. The molecule has 6 atom stereocenters. The lowest BCUT2D eigenvalue weighted by Crippen LogP contribution is -2.67. The third-order valence-corrected chi connectivity index (χ3v) is 8.89. The highest BCUT2D eigenvalue weighted by Crippen LogP contribution is 2.31. The zero-order chi connectivity index (χ0) is 38.4. The molecule has 0 aromatic heterocycles. The van der Waals surface area contributed by atoms with Gasteiger partial charge in [-0.3, -0.25) is 9.59 Å². The van der Waals surface area contributed by atoms with E-state index in [9.17, 15) is 24.3 Å². The van der Waals surface area contributed by atoms with Crippen LogP contribution in [0.3, 0.4) is 0 Å². The molecule has 0 bridgehead atoms. The number of carboxylic acids is 1. The zero-order valence-electron chi connectivity index (χ0n) is 31.1. The molecule has 12 nitrogen and oxygen atoms in total. The Bertz CT molecular complexity index is 1620. The summed E-state index contributed by atoms with van der Waals surface area (Å²) in [5, 5.41) is 15.7. The summed E-state index contributed by atoms with van der Waals surface area (Å²) < 4.78 is 31.1. The summed E-state index contributed by atoms with van der Waals surface area (Å²) in [6.07, 6.45) is -5.32. The average molecular weight is 733 g/mol. The maximum Gasteiger partial charge on any atom is 0.408 e. The van der Waals surface area contributed by atoms with Gasteiger partial charge in [-0.25, -0.2) is 9.59 Å². The molecule has 1 heterocycles. The van der Waals surface area contributed by atoms with Gasteiger partial charge in [0.1, 0.15) is 35.6 Å². The minimum Gasteiger partial charge on any atom is -0.480 e. The van der Waals surface area contributed by atoms with E-state index in [2.05, 4.69) is 10.6 Å². The lowest BCUT2D eigenvalue weighted by molar-refractivity contribution is -0.230. The number of benzene rings is 3. The van der Waals surface area contributed by atoms with Gasteiger partial charge in [0, 0.05) is 13.3 Å². The zero-order valence-corrected chi connectivity index (χ0v) is 31.1. The van der Waals surface area contributed by atoms with Gasteiger partial charge in [0.25, 0.3) is 0 Å². The minimum absolute atomic E-state index is 0.0182. The molecular weight excluding hydrogens is 680 g/mol. The van der Waals surface area contributed by atoms with Crippen molar-refractivity contribution in [1.82, 2.24) is 10.6 Å². The van der Waals surface area contributed by atoms with Crippen LogP contribution in [-0.4, -0.2) is 77.1 Å². The first-order chi connectivity index (χ1) is 25.3. The number of carboxylic acid groups (broad SMARTS) is 1. The molecule has 0 unspecified atom stereocenters. The van der Waals surface area contributed by atoms with Gasteiger partial charge in [0.2, 0.25) is 5.91 Å². The van der Waals surface area contributed by atoms with E-state index in [0.717, 1.165) is 16.7 Å². The van der Waals surface area contributed by atoms with E-state index in [0.29, 0.717) is 0 Å². The molecule has 53 heavy (non-hydrogen) atoms. The molecule has 3 N–H and O–H groups in total. The van der Waals surface area contributed by atoms with Crippen LogP contribution < -0.4 is 10.6 Å². The molecule has 2 amide bonds. The summed E-state index contributed by atoms with van der Waals surface area (Å²) in [6.45, 7) is 8.56. The number of aliphatic carboxylic acids is 1. The van der Waals surface area contributed by atoms with Crippen molar-refractivity contribution in [1.29, 1.82) is 0 Å². The molecule has 1 fully saturated rings. The van der Waals surface area contributed by atoms with Crippen molar-refractivity contribution >= 4 is 23.8 Å². The molecule has 0 aliphatic carbocycles. The van der Waals surface area contributed by atoms with E-state index >= 15 is 0 Å². The number of amides is 2. The fourth-order valence-corrected chi connectivity index (χ4v) is 6.16. The molecule has 4 rings (SSSR count). The highest BCUT2D eigenvalue weighted by Gasteiger charge is 2.51. The Kier molecular flexibility index (Phi) is 15.1. The molecule has 1 aliphatic heterocycles. The quantitative estimate of drug-likeness (QED) is 0.147. The summed E-state index contributed by atoms with van der Waals surface area (Å²) in [5.74, 6) is -2.23. The van der Waals surface area contributed by atoms with Crippen molar-refractivity contribution in [2.75, 3.05) is 6.61 Å². The summed E-state index contributed by atoms with van der Waals surface area (Å²) in [7, 11) is 0. The molecule has 0 spiro atoms. The minimum atomic E-state index is -1.81. The molecule has 12 heteroatoms. The molecule has 3 aromatic rings. The van der Waals surface area contributed by atoms with Crippen molar-refractivity contribution in [3.63, 3.8) is 0 Å². The first kappa shape index (κ1) is 41.1. The van der Waals surface area contributed by atoms with E-state index in [1.807, 2.05) is 91.0 Å². The topological polar surface area (TPSA) is 159 Å². The Labute approximate surface area is 311 Å². The summed E-state index contributed by atoms with van der Waals surface area (Å²) >= 11 is 0. The predicted octanol–water partition coefficient (Wildman–Crippen LogP) is 5.75. The monoisotopic (exact) mass is 732 g/mol. The molecule has 3 aromatic carbocycles. The Balaban J connectivity index is 1.67. The maximum atomic E-state index is 14.3. The molecule has 1 saturated heterocycles. The van der Waals surface area contributed by atoms with Crippen LogP contribution in [0.2, 0.25) is 0 Å². The number of carbonyl (C=O) groups is 4. The molecule has 1 aliphatic rings.